The number of nitrogens with zero attached hydrogens (tertiary/aromatic N) is 1. The molecule has 1 saturated carbocycles. The first-order valence-electron chi connectivity index (χ1n) is 12.3. The zero-order chi connectivity index (χ0) is 25.9. The zero-order valence-electron chi connectivity index (χ0n) is 20.5. The minimum absolute atomic E-state index is 0.0175. The van der Waals surface area contributed by atoms with Crippen LogP contribution in [0.1, 0.15) is 49.1 Å². The molecule has 1 fully saturated rings. The molecule has 1 aliphatic carbocycles. The number of aldehydes is 1. The Morgan fingerprint density at radius 1 is 1.17 bits per heavy atom. The van der Waals surface area contributed by atoms with E-state index >= 15 is 0 Å². The number of benzene rings is 2. The number of aromatic nitrogens is 1. The molecule has 0 amide bonds. The van der Waals surface area contributed by atoms with E-state index in [1.807, 2.05) is 55.5 Å². The molecule has 0 bridgehead atoms. The van der Waals surface area contributed by atoms with Crippen LogP contribution >= 0.6 is 23.2 Å². The van der Waals surface area contributed by atoms with E-state index in [1.54, 1.807) is 13.3 Å². The number of hydrogen-bond donors (Lipinski definition) is 2. The molecule has 1 heterocycles. The van der Waals surface area contributed by atoms with Gasteiger partial charge in [0.15, 0.2) is 0 Å². The van der Waals surface area contributed by atoms with Gasteiger partial charge in [0.05, 0.1) is 13.7 Å². The molecule has 5 nitrogen and oxygen atoms in total. The van der Waals surface area contributed by atoms with Crippen LogP contribution in [0.25, 0.3) is 11.1 Å². The first-order chi connectivity index (χ1) is 17.4. The van der Waals surface area contributed by atoms with Gasteiger partial charge < -0.3 is 20.4 Å². The molecular formula is C29H32Cl2N2O3. The second-order valence-electron chi connectivity index (χ2n) is 9.62. The van der Waals surface area contributed by atoms with Gasteiger partial charge in [-0.25, -0.2) is 4.98 Å². The van der Waals surface area contributed by atoms with Crippen molar-refractivity contribution in [2.24, 2.45) is 17.1 Å². The molecule has 0 spiro atoms. The van der Waals surface area contributed by atoms with Crippen molar-refractivity contribution < 1.29 is 14.6 Å². The molecule has 36 heavy (non-hydrogen) atoms. The zero-order valence-corrected chi connectivity index (χ0v) is 22.0. The van der Waals surface area contributed by atoms with Gasteiger partial charge in [0.2, 0.25) is 5.88 Å². The van der Waals surface area contributed by atoms with Crippen molar-refractivity contribution in [1.82, 2.24) is 4.98 Å². The van der Waals surface area contributed by atoms with Crippen LogP contribution in [0.2, 0.25) is 10.0 Å². The molecule has 7 heteroatoms. The Balaban J connectivity index is 1.80. The summed E-state index contributed by atoms with van der Waals surface area (Å²) in [6.45, 7) is 1.82. The van der Waals surface area contributed by atoms with Crippen LogP contribution in [0.3, 0.4) is 0 Å². The lowest BCUT2D eigenvalue weighted by atomic mass is 9.53. The van der Waals surface area contributed by atoms with Gasteiger partial charge in [-0.15, -0.1) is 0 Å². The summed E-state index contributed by atoms with van der Waals surface area (Å²) >= 11 is 13.1. The second kappa shape index (κ2) is 11.3. The van der Waals surface area contributed by atoms with Crippen molar-refractivity contribution in [2.75, 3.05) is 13.7 Å². The summed E-state index contributed by atoms with van der Waals surface area (Å²) in [4.78, 5) is 16.8. The van der Waals surface area contributed by atoms with E-state index in [9.17, 15) is 9.90 Å². The van der Waals surface area contributed by atoms with E-state index in [-0.39, 0.29) is 24.4 Å². The first-order valence-corrected chi connectivity index (χ1v) is 13.0. The number of rotatable bonds is 8. The number of aliphatic hydroxyl groups is 1. The van der Waals surface area contributed by atoms with Crippen LogP contribution in [-0.4, -0.2) is 36.1 Å². The van der Waals surface area contributed by atoms with E-state index in [0.717, 1.165) is 35.0 Å². The van der Waals surface area contributed by atoms with Crippen molar-refractivity contribution in [3.05, 3.63) is 82.0 Å². The standard InChI is InChI=1S/C29H32Cl2N2O3/c1-3-29(17-35)13-12-23(27(28(29)25(32)16-34)18-4-8-21(30)9-5-18)22-10-6-19(14-24(22)31)20-7-11-26(36-2)33-15-20/h4-11,14-15,17,23,25,27-28,34H,3,12-13,16,32H2,1-2H3. The Bertz CT molecular complexity index is 1190. The highest BCUT2D eigenvalue weighted by Crippen LogP contribution is 2.57. The number of ether oxygens (including phenoxy) is 1. The number of nitrogens with two attached hydrogens (primary N) is 1. The summed E-state index contributed by atoms with van der Waals surface area (Å²) < 4.78 is 5.16. The number of pyridine rings is 1. The van der Waals surface area contributed by atoms with Crippen molar-refractivity contribution in [2.45, 2.75) is 44.1 Å². The summed E-state index contributed by atoms with van der Waals surface area (Å²) in [7, 11) is 1.59. The molecule has 1 aliphatic rings. The van der Waals surface area contributed by atoms with Gasteiger partial charge in [-0.1, -0.05) is 54.4 Å². The Labute approximate surface area is 222 Å². The number of carbonyl (C=O) groups excluding carboxylic acids is 1. The Morgan fingerprint density at radius 3 is 2.44 bits per heavy atom. The van der Waals surface area contributed by atoms with Crippen LogP contribution < -0.4 is 10.5 Å². The van der Waals surface area contributed by atoms with Gasteiger partial charge in [-0.2, -0.15) is 0 Å². The Morgan fingerprint density at radius 2 is 1.89 bits per heavy atom. The molecule has 2 aromatic carbocycles. The minimum atomic E-state index is -0.621. The molecule has 0 saturated heterocycles. The fraction of sp³-hybridized carbons (Fsp3) is 0.379. The third kappa shape index (κ3) is 5.03. The average Bonchev–Trinajstić information content (AvgIpc) is 2.92. The summed E-state index contributed by atoms with van der Waals surface area (Å²) in [5, 5.41) is 11.4. The third-order valence-corrected chi connectivity index (χ3v) is 8.48. The van der Waals surface area contributed by atoms with Crippen molar-refractivity contribution in [1.29, 1.82) is 0 Å². The van der Waals surface area contributed by atoms with Gasteiger partial charge in [0, 0.05) is 39.3 Å². The third-order valence-electron chi connectivity index (χ3n) is 7.90. The van der Waals surface area contributed by atoms with E-state index in [1.165, 1.54) is 0 Å². The molecule has 190 valence electrons. The maximum Gasteiger partial charge on any atom is 0.212 e. The molecule has 1 aromatic heterocycles. The minimum Gasteiger partial charge on any atom is -0.481 e. The van der Waals surface area contributed by atoms with E-state index in [0.29, 0.717) is 28.8 Å². The average molecular weight is 527 g/mol. The molecule has 3 aromatic rings. The van der Waals surface area contributed by atoms with Crippen LogP contribution in [0.4, 0.5) is 0 Å². The van der Waals surface area contributed by atoms with Crippen LogP contribution in [0.5, 0.6) is 5.88 Å². The fourth-order valence-electron chi connectivity index (χ4n) is 5.97. The van der Waals surface area contributed by atoms with Gasteiger partial charge in [0.25, 0.3) is 0 Å². The summed E-state index contributed by atoms with van der Waals surface area (Å²) in [5.74, 6) is 0.194. The SMILES string of the molecule is CCC1(C=O)CCC(c2ccc(-c3ccc(OC)nc3)cc2Cl)C(c2ccc(Cl)cc2)C1C(N)CO. The number of carbonyl (C=O) groups is 1. The van der Waals surface area contributed by atoms with Gasteiger partial charge in [-0.3, -0.25) is 0 Å². The Kier molecular flexibility index (Phi) is 8.36. The molecule has 0 radical (unpaired) electrons. The monoisotopic (exact) mass is 526 g/mol. The van der Waals surface area contributed by atoms with Gasteiger partial charge in [0.1, 0.15) is 6.29 Å². The fourth-order valence-corrected chi connectivity index (χ4v) is 6.42. The lowest BCUT2D eigenvalue weighted by Crippen LogP contribution is -2.52. The van der Waals surface area contributed by atoms with Gasteiger partial charge in [-0.05, 0) is 78.0 Å². The topological polar surface area (TPSA) is 85.4 Å². The predicted molar refractivity (Wildman–Crippen MR) is 145 cm³/mol. The normalized spacial score (nSPS) is 24.8. The van der Waals surface area contributed by atoms with Crippen LogP contribution in [0.15, 0.2) is 60.8 Å². The van der Waals surface area contributed by atoms with Crippen LogP contribution in [0, 0.1) is 11.3 Å². The summed E-state index contributed by atoms with van der Waals surface area (Å²) in [6.07, 6.45) is 4.94. The molecule has 3 N–H and O–H groups in total. The highest BCUT2D eigenvalue weighted by atomic mass is 35.5. The first kappa shape index (κ1) is 26.6. The molecule has 4 rings (SSSR count). The van der Waals surface area contributed by atoms with E-state index < -0.39 is 11.5 Å². The van der Waals surface area contributed by atoms with E-state index in [4.69, 9.17) is 33.7 Å². The van der Waals surface area contributed by atoms with E-state index in [2.05, 4.69) is 11.1 Å². The lowest BCUT2D eigenvalue weighted by molar-refractivity contribution is -0.124. The van der Waals surface area contributed by atoms with Crippen LogP contribution in [-0.2, 0) is 4.79 Å². The maximum atomic E-state index is 12.5. The second-order valence-corrected chi connectivity index (χ2v) is 10.5. The molecule has 5 unspecified atom stereocenters. The predicted octanol–water partition coefficient (Wildman–Crippen LogP) is 6.26. The highest BCUT2D eigenvalue weighted by molar-refractivity contribution is 6.31. The largest absolute Gasteiger partial charge is 0.481 e. The summed E-state index contributed by atoms with van der Waals surface area (Å²) in [6, 6.07) is 17.0. The number of aliphatic hydroxyl groups excluding tert-OH is 1. The van der Waals surface area contributed by atoms with Crippen molar-refractivity contribution in [3.63, 3.8) is 0 Å². The number of halogens is 2. The molecular weight excluding hydrogens is 495 g/mol. The number of methoxy groups -OCH3 is 1. The maximum absolute atomic E-state index is 12.5. The lowest BCUT2D eigenvalue weighted by Gasteiger charge is -2.51. The smallest absolute Gasteiger partial charge is 0.212 e. The highest BCUT2D eigenvalue weighted by Gasteiger charge is 2.51. The summed E-state index contributed by atoms with van der Waals surface area (Å²) in [5.41, 5.74) is 9.87. The van der Waals surface area contributed by atoms with Gasteiger partial charge >= 0.3 is 0 Å². The molecule has 5 atom stereocenters. The van der Waals surface area contributed by atoms with Crippen molar-refractivity contribution >= 4 is 29.5 Å². The Hall–Kier alpha value is -2.44. The number of hydrogen-bond acceptors (Lipinski definition) is 5. The van der Waals surface area contributed by atoms with Crippen molar-refractivity contribution in [3.8, 4) is 17.0 Å². The quantitative estimate of drug-likeness (QED) is 0.338. The molecule has 0 aliphatic heterocycles.